The topological polar surface area (TPSA) is 35.2 Å². The molecule has 0 saturated heterocycles. The molecular weight excluding hydrogens is 246 g/mol. The molecule has 2 aromatic carbocycles. The minimum Gasteiger partial charge on any atom is -0.489 e. The lowest BCUT2D eigenvalue weighted by molar-refractivity contribution is 0.301. The summed E-state index contributed by atoms with van der Waals surface area (Å²) >= 11 is 0. The van der Waals surface area contributed by atoms with Crippen LogP contribution in [-0.4, -0.2) is 0 Å². The Labute approximate surface area is 121 Å². The van der Waals surface area contributed by atoms with Crippen LogP contribution < -0.4 is 10.5 Å². The van der Waals surface area contributed by atoms with Crippen molar-refractivity contribution in [1.82, 2.24) is 0 Å². The van der Waals surface area contributed by atoms with Gasteiger partial charge in [0.1, 0.15) is 12.4 Å². The van der Waals surface area contributed by atoms with Crippen molar-refractivity contribution >= 4 is 5.69 Å². The number of rotatable bonds is 4. The Morgan fingerprint density at radius 1 is 1.10 bits per heavy atom. The summed E-state index contributed by atoms with van der Waals surface area (Å²) in [6.45, 7) is 9.01. The van der Waals surface area contributed by atoms with Crippen molar-refractivity contribution in [3.8, 4) is 5.75 Å². The number of hydrogen-bond acceptors (Lipinski definition) is 2. The summed E-state index contributed by atoms with van der Waals surface area (Å²) in [6.07, 6.45) is 0. The van der Waals surface area contributed by atoms with Crippen molar-refractivity contribution < 1.29 is 4.74 Å². The highest BCUT2D eigenvalue weighted by Crippen LogP contribution is 2.31. The molecule has 2 N–H and O–H groups in total. The van der Waals surface area contributed by atoms with E-state index in [1.54, 1.807) is 0 Å². The van der Waals surface area contributed by atoms with Gasteiger partial charge in [0.2, 0.25) is 0 Å². The van der Waals surface area contributed by atoms with E-state index in [0.717, 1.165) is 17.0 Å². The fourth-order valence-electron chi connectivity index (χ4n) is 2.25. The molecule has 0 amide bonds. The van der Waals surface area contributed by atoms with Crippen molar-refractivity contribution in [3.63, 3.8) is 0 Å². The van der Waals surface area contributed by atoms with Crippen molar-refractivity contribution in [1.29, 1.82) is 0 Å². The molecule has 0 radical (unpaired) electrons. The van der Waals surface area contributed by atoms with Gasteiger partial charge in [0.15, 0.2) is 0 Å². The molecule has 2 aromatic rings. The van der Waals surface area contributed by atoms with Crippen molar-refractivity contribution in [2.24, 2.45) is 0 Å². The van der Waals surface area contributed by atoms with Crippen molar-refractivity contribution in [2.45, 2.75) is 40.2 Å². The van der Waals surface area contributed by atoms with Gasteiger partial charge in [0.25, 0.3) is 0 Å². The van der Waals surface area contributed by atoms with E-state index in [4.69, 9.17) is 10.5 Å². The molecule has 106 valence electrons. The van der Waals surface area contributed by atoms with Gasteiger partial charge in [-0.2, -0.15) is 0 Å². The summed E-state index contributed by atoms with van der Waals surface area (Å²) in [6, 6.07) is 12.5. The minimum absolute atomic E-state index is 0.394. The van der Waals surface area contributed by atoms with Gasteiger partial charge < -0.3 is 10.5 Å². The predicted molar refractivity (Wildman–Crippen MR) is 85.2 cm³/mol. The first-order valence-corrected chi connectivity index (χ1v) is 7.05. The smallest absolute Gasteiger partial charge is 0.123 e. The first-order chi connectivity index (χ1) is 9.47. The third-order valence-corrected chi connectivity index (χ3v) is 3.50. The fourth-order valence-corrected chi connectivity index (χ4v) is 2.25. The molecule has 0 spiro atoms. The molecule has 0 unspecified atom stereocenters. The van der Waals surface area contributed by atoms with Crippen molar-refractivity contribution in [2.75, 3.05) is 5.73 Å². The SMILES string of the molecule is Cc1cccc(COc2cc(C)c(N)cc2C(C)C)c1. The van der Waals surface area contributed by atoms with Gasteiger partial charge in [-0.15, -0.1) is 0 Å². The molecule has 2 heteroatoms. The molecule has 2 nitrogen and oxygen atoms in total. The molecule has 0 aliphatic heterocycles. The first-order valence-electron chi connectivity index (χ1n) is 7.05. The maximum absolute atomic E-state index is 6.02. The van der Waals surface area contributed by atoms with Crippen molar-refractivity contribution in [3.05, 3.63) is 58.7 Å². The Morgan fingerprint density at radius 2 is 1.85 bits per heavy atom. The Kier molecular flexibility index (Phi) is 4.33. The Bertz CT molecular complexity index is 602. The second-order valence-electron chi connectivity index (χ2n) is 5.68. The highest BCUT2D eigenvalue weighted by atomic mass is 16.5. The molecule has 20 heavy (non-hydrogen) atoms. The molecule has 2 rings (SSSR count). The number of ether oxygens (including phenoxy) is 1. The zero-order valence-corrected chi connectivity index (χ0v) is 12.7. The van der Waals surface area contributed by atoms with Crippen LogP contribution in [0.15, 0.2) is 36.4 Å². The molecule has 0 fully saturated rings. The van der Waals surface area contributed by atoms with Gasteiger partial charge in [0, 0.05) is 5.69 Å². The monoisotopic (exact) mass is 269 g/mol. The first kappa shape index (κ1) is 14.4. The maximum Gasteiger partial charge on any atom is 0.123 e. The van der Waals surface area contributed by atoms with Gasteiger partial charge in [0.05, 0.1) is 0 Å². The minimum atomic E-state index is 0.394. The standard InChI is InChI=1S/C18H23NO/c1-12(2)16-10-17(19)14(4)9-18(16)20-11-15-7-5-6-13(3)8-15/h5-10,12H,11,19H2,1-4H3. The molecule has 0 saturated carbocycles. The zero-order chi connectivity index (χ0) is 14.7. The highest BCUT2D eigenvalue weighted by molar-refractivity contribution is 5.55. The van der Waals surface area contributed by atoms with E-state index in [1.807, 2.05) is 19.1 Å². The van der Waals surface area contributed by atoms with Crippen LogP contribution in [0.5, 0.6) is 5.75 Å². The number of benzene rings is 2. The van der Waals surface area contributed by atoms with E-state index in [-0.39, 0.29) is 0 Å². The van der Waals surface area contributed by atoms with Gasteiger partial charge in [-0.05, 0) is 48.6 Å². The summed E-state index contributed by atoms with van der Waals surface area (Å²) < 4.78 is 6.02. The Hall–Kier alpha value is -1.96. The lowest BCUT2D eigenvalue weighted by Gasteiger charge is -2.16. The molecule has 0 aliphatic carbocycles. The fraction of sp³-hybridized carbons (Fsp3) is 0.333. The van der Waals surface area contributed by atoms with E-state index < -0.39 is 0 Å². The van der Waals surface area contributed by atoms with Gasteiger partial charge in [-0.25, -0.2) is 0 Å². The second-order valence-corrected chi connectivity index (χ2v) is 5.68. The molecule has 0 atom stereocenters. The Morgan fingerprint density at radius 3 is 2.50 bits per heavy atom. The van der Waals surface area contributed by atoms with Crippen LogP contribution in [0.4, 0.5) is 5.69 Å². The van der Waals surface area contributed by atoms with Crippen LogP contribution in [0.1, 0.15) is 42.0 Å². The Balaban J connectivity index is 2.22. The second kappa shape index (κ2) is 6.00. The van der Waals surface area contributed by atoms with Gasteiger partial charge >= 0.3 is 0 Å². The van der Waals surface area contributed by atoms with Crippen LogP contribution in [0, 0.1) is 13.8 Å². The molecule has 0 bridgehead atoms. The van der Waals surface area contributed by atoms with Crippen LogP contribution in [0.25, 0.3) is 0 Å². The van der Waals surface area contributed by atoms with Crippen LogP contribution >= 0.6 is 0 Å². The van der Waals surface area contributed by atoms with Crippen LogP contribution in [0.2, 0.25) is 0 Å². The zero-order valence-electron chi connectivity index (χ0n) is 12.7. The van der Waals surface area contributed by atoms with Gasteiger partial charge in [-0.1, -0.05) is 43.7 Å². The average molecular weight is 269 g/mol. The lowest BCUT2D eigenvalue weighted by atomic mass is 9.99. The lowest BCUT2D eigenvalue weighted by Crippen LogP contribution is -2.02. The number of nitrogen functional groups attached to an aromatic ring is 1. The summed E-state index contributed by atoms with van der Waals surface area (Å²) in [7, 11) is 0. The van der Waals surface area contributed by atoms with E-state index in [0.29, 0.717) is 12.5 Å². The summed E-state index contributed by atoms with van der Waals surface area (Å²) in [5.41, 5.74) is 11.5. The van der Waals surface area contributed by atoms with Gasteiger partial charge in [-0.3, -0.25) is 0 Å². The number of nitrogens with two attached hydrogens (primary N) is 1. The van der Waals surface area contributed by atoms with Crippen LogP contribution in [-0.2, 0) is 6.61 Å². The molecule has 0 heterocycles. The summed E-state index contributed by atoms with van der Waals surface area (Å²) in [5, 5.41) is 0. The summed E-state index contributed by atoms with van der Waals surface area (Å²) in [5.74, 6) is 1.33. The third kappa shape index (κ3) is 3.32. The van der Waals surface area contributed by atoms with E-state index in [2.05, 4.69) is 45.0 Å². The van der Waals surface area contributed by atoms with E-state index >= 15 is 0 Å². The number of anilines is 1. The van der Waals surface area contributed by atoms with E-state index in [9.17, 15) is 0 Å². The van der Waals surface area contributed by atoms with Crippen LogP contribution in [0.3, 0.4) is 0 Å². The number of hydrogen-bond donors (Lipinski definition) is 1. The normalized spacial score (nSPS) is 10.8. The van der Waals surface area contributed by atoms with E-state index in [1.165, 1.54) is 16.7 Å². The highest BCUT2D eigenvalue weighted by Gasteiger charge is 2.10. The largest absolute Gasteiger partial charge is 0.489 e. The predicted octanol–water partition coefficient (Wildman–Crippen LogP) is 4.59. The third-order valence-electron chi connectivity index (χ3n) is 3.50. The molecule has 0 aromatic heterocycles. The molecule has 0 aliphatic rings. The molecular formula is C18H23NO. The summed E-state index contributed by atoms with van der Waals surface area (Å²) in [4.78, 5) is 0. The average Bonchev–Trinajstić information content (AvgIpc) is 2.39. The number of aryl methyl sites for hydroxylation is 2. The maximum atomic E-state index is 6.02. The quantitative estimate of drug-likeness (QED) is 0.824.